The predicted octanol–water partition coefficient (Wildman–Crippen LogP) is 1.60. The van der Waals surface area contributed by atoms with Crippen LogP contribution in [-0.4, -0.2) is 39.9 Å². The van der Waals surface area contributed by atoms with Gasteiger partial charge in [0.1, 0.15) is 0 Å². The van der Waals surface area contributed by atoms with Crippen LogP contribution in [0, 0.1) is 11.3 Å². The number of furan rings is 1. The molecular formula is C21H23N5O4. The van der Waals surface area contributed by atoms with Gasteiger partial charge in [-0.3, -0.25) is 14.4 Å². The molecule has 0 radical (unpaired) electrons. The Hall–Kier alpha value is -3.62. The molecule has 0 spiro atoms. The highest BCUT2D eigenvalue weighted by atomic mass is 16.4. The van der Waals surface area contributed by atoms with Gasteiger partial charge in [0.05, 0.1) is 17.3 Å². The van der Waals surface area contributed by atoms with E-state index in [1.807, 2.05) is 0 Å². The Kier molecular flexibility index (Phi) is 4.81. The van der Waals surface area contributed by atoms with Crippen molar-refractivity contribution in [2.75, 3.05) is 6.54 Å². The average Bonchev–Trinajstić information content (AvgIpc) is 3.39. The number of nitrogens with one attached hydrogen (secondary N) is 2. The van der Waals surface area contributed by atoms with Crippen LogP contribution in [0.5, 0.6) is 0 Å². The van der Waals surface area contributed by atoms with Crippen molar-refractivity contribution in [3.8, 4) is 0 Å². The summed E-state index contributed by atoms with van der Waals surface area (Å²) in [5.74, 6) is -1.10. The SMILES string of the molecule is CC1(C)C(CNC(=O)c2ccc(C(N)=O)o2)CC1NC(=O)c1cccn2nccc12. The minimum absolute atomic E-state index is 0.0137. The zero-order valence-electron chi connectivity index (χ0n) is 16.7. The minimum atomic E-state index is -0.723. The fraction of sp³-hybridized carbons (Fsp3) is 0.333. The highest BCUT2D eigenvalue weighted by molar-refractivity contribution is 6.01. The molecule has 3 heterocycles. The average molecular weight is 409 g/mol. The monoisotopic (exact) mass is 409 g/mol. The van der Waals surface area contributed by atoms with Gasteiger partial charge in [0, 0.05) is 18.8 Å². The predicted molar refractivity (Wildman–Crippen MR) is 108 cm³/mol. The van der Waals surface area contributed by atoms with Crippen molar-refractivity contribution in [2.45, 2.75) is 26.3 Å². The summed E-state index contributed by atoms with van der Waals surface area (Å²) in [5.41, 5.74) is 6.26. The zero-order chi connectivity index (χ0) is 21.5. The summed E-state index contributed by atoms with van der Waals surface area (Å²) in [4.78, 5) is 36.1. The maximum atomic E-state index is 12.8. The van der Waals surface area contributed by atoms with Gasteiger partial charge in [0.2, 0.25) is 0 Å². The molecule has 156 valence electrons. The van der Waals surface area contributed by atoms with Crippen molar-refractivity contribution in [3.05, 3.63) is 59.8 Å². The number of carbonyl (C=O) groups excluding carboxylic acids is 3. The van der Waals surface area contributed by atoms with E-state index in [-0.39, 0.29) is 34.8 Å². The van der Waals surface area contributed by atoms with Crippen LogP contribution in [0.2, 0.25) is 0 Å². The number of amides is 3. The second-order valence-corrected chi connectivity index (χ2v) is 8.10. The summed E-state index contributed by atoms with van der Waals surface area (Å²) >= 11 is 0. The van der Waals surface area contributed by atoms with Crippen LogP contribution >= 0.6 is 0 Å². The van der Waals surface area contributed by atoms with E-state index in [1.54, 1.807) is 35.1 Å². The number of fused-ring (bicyclic) bond motifs is 1. The summed E-state index contributed by atoms with van der Waals surface area (Å²) in [6.45, 7) is 4.56. The van der Waals surface area contributed by atoms with E-state index < -0.39 is 11.8 Å². The van der Waals surface area contributed by atoms with Crippen molar-refractivity contribution in [3.63, 3.8) is 0 Å². The van der Waals surface area contributed by atoms with Crippen molar-refractivity contribution >= 4 is 23.2 Å². The van der Waals surface area contributed by atoms with Gasteiger partial charge in [-0.15, -0.1) is 0 Å². The second-order valence-electron chi connectivity index (χ2n) is 8.10. The van der Waals surface area contributed by atoms with Crippen LogP contribution < -0.4 is 16.4 Å². The Balaban J connectivity index is 1.34. The lowest BCUT2D eigenvalue weighted by molar-refractivity contribution is 0.0148. The zero-order valence-corrected chi connectivity index (χ0v) is 16.7. The molecule has 4 rings (SSSR count). The molecule has 0 saturated heterocycles. The molecule has 0 bridgehead atoms. The summed E-state index contributed by atoms with van der Waals surface area (Å²) in [5, 5.41) is 10.1. The number of nitrogens with two attached hydrogens (primary N) is 1. The highest BCUT2D eigenvalue weighted by Crippen LogP contribution is 2.46. The van der Waals surface area contributed by atoms with Crippen LogP contribution in [0.25, 0.3) is 5.52 Å². The molecule has 9 nitrogen and oxygen atoms in total. The number of hydrogen-bond donors (Lipinski definition) is 3. The molecule has 30 heavy (non-hydrogen) atoms. The molecule has 0 aromatic carbocycles. The number of hydrogen-bond acceptors (Lipinski definition) is 5. The number of rotatable bonds is 6. The summed E-state index contributed by atoms with van der Waals surface area (Å²) in [7, 11) is 0. The van der Waals surface area contributed by atoms with Crippen LogP contribution in [0.3, 0.4) is 0 Å². The normalized spacial score (nSPS) is 19.8. The largest absolute Gasteiger partial charge is 0.446 e. The van der Waals surface area contributed by atoms with Crippen molar-refractivity contribution in [1.29, 1.82) is 0 Å². The molecule has 4 N–H and O–H groups in total. The molecule has 9 heteroatoms. The lowest BCUT2D eigenvalue weighted by Gasteiger charge is -2.52. The number of nitrogens with zero attached hydrogens (tertiary/aromatic N) is 2. The highest BCUT2D eigenvalue weighted by Gasteiger charge is 2.48. The molecule has 0 aliphatic heterocycles. The molecule has 1 saturated carbocycles. The molecular weight excluding hydrogens is 386 g/mol. The standard InChI is InChI=1S/C21H23N5O4/c1-21(2)12(11-23-20(29)16-6-5-15(30-16)18(22)27)10-17(21)25-19(28)13-4-3-9-26-14(13)7-8-24-26/h3-9,12,17H,10-11H2,1-2H3,(H2,22,27)(H,23,29)(H,25,28). The van der Waals surface area contributed by atoms with Crippen molar-refractivity contribution in [2.24, 2.45) is 17.1 Å². The lowest BCUT2D eigenvalue weighted by atomic mass is 9.58. The summed E-state index contributed by atoms with van der Waals surface area (Å²) < 4.78 is 6.81. The van der Waals surface area contributed by atoms with E-state index in [9.17, 15) is 14.4 Å². The van der Waals surface area contributed by atoms with Gasteiger partial charge in [-0.1, -0.05) is 13.8 Å². The van der Waals surface area contributed by atoms with Crippen molar-refractivity contribution < 1.29 is 18.8 Å². The van der Waals surface area contributed by atoms with E-state index in [1.165, 1.54) is 12.1 Å². The first-order valence-corrected chi connectivity index (χ1v) is 9.68. The van der Waals surface area contributed by atoms with Gasteiger partial charge in [-0.2, -0.15) is 5.10 Å². The Bertz CT molecular complexity index is 1130. The van der Waals surface area contributed by atoms with Crippen LogP contribution in [0.15, 0.2) is 47.1 Å². The number of aromatic nitrogens is 2. The molecule has 1 aliphatic rings. The van der Waals surface area contributed by atoms with Crippen LogP contribution in [0.4, 0.5) is 0 Å². The quantitative estimate of drug-likeness (QED) is 0.569. The summed E-state index contributed by atoms with van der Waals surface area (Å²) in [6, 6.07) is 8.15. The van der Waals surface area contributed by atoms with Gasteiger partial charge in [-0.05, 0) is 48.1 Å². The van der Waals surface area contributed by atoms with Gasteiger partial charge < -0.3 is 20.8 Å². The van der Waals surface area contributed by atoms with Gasteiger partial charge in [0.15, 0.2) is 11.5 Å². The molecule has 2 atom stereocenters. The van der Waals surface area contributed by atoms with Gasteiger partial charge in [-0.25, -0.2) is 4.52 Å². The summed E-state index contributed by atoms with van der Waals surface area (Å²) in [6.07, 6.45) is 4.19. The van der Waals surface area contributed by atoms with E-state index >= 15 is 0 Å². The minimum Gasteiger partial charge on any atom is -0.446 e. The number of pyridine rings is 1. The maximum Gasteiger partial charge on any atom is 0.287 e. The van der Waals surface area contributed by atoms with Gasteiger partial charge in [0.25, 0.3) is 17.7 Å². The van der Waals surface area contributed by atoms with E-state index in [0.29, 0.717) is 12.1 Å². The Morgan fingerprint density at radius 1 is 1.20 bits per heavy atom. The fourth-order valence-corrected chi connectivity index (χ4v) is 3.88. The Labute approximate surface area is 172 Å². The third kappa shape index (κ3) is 3.42. The first-order chi connectivity index (χ1) is 14.3. The second kappa shape index (κ2) is 7.33. The van der Waals surface area contributed by atoms with Crippen LogP contribution in [-0.2, 0) is 0 Å². The maximum absolute atomic E-state index is 12.8. The molecule has 3 amide bonds. The molecule has 1 fully saturated rings. The molecule has 1 aliphatic carbocycles. The van der Waals surface area contributed by atoms with Crippen LogP contribution in [0.1, 0.15) is 51.7 Å². The molecule has 3 aromatic heterocycles. The van der Waals surface area contributed by atoms with Gasteiger partial charge >= 0.3 is 0 Å². The number of carbonyl (C=O) groups is 3. The Morgan fingerprint density at radius 2 is 1.97 bits per heavy atom. The van der Waals surface area contributed by atoms with E-state index in [4.69, 9.17) is 10.2 Å². The third-order valence-electron chi connectivity index (χ3n) is 6.04. The Morgan fingerprint density at radius 3 is 2.67 bits per heavy atom. The third-order valence-corrected chi connectivity index (χ3v) is 6.04. The smallest absolute Gasteiger partial charge is 0.287 e. The first-order valence-electron chi connectivity index (χ1n) is 9.68. The fourth-order valence-electron chi connectivity index (χ4n) is 3.88. The van der Waals surface area contributed by atoms with Crippen molar-refractivity contribution in [1.82, 2.24) is 20.2 Å². The molecule has 3 aromatic rings. The van der Waals surface area contributed by atoms with E-state index in [0.717, 1.165) is 11.9 Å². The lowest BCUT2D eigenvalue weighted by Crippen LogP contribution is -2.60. The topological polar surface area (TPSA) is 132 Å². The van der Waals surface area contributed by atoms with E-state index in [2.05, 4.69) is 29.6 Å². The number of primary amides is 1. The first kappa shape index (κ1) is 19.7. The molecule has 2 unspecified atom stereocenters.